The Labute approximate surface area is 102 Å². The largest absolute Gasteiger partial charge is 0.469 e. The highest BCUT2D eigenvalue weighted by atomic mass is 16.3. The Morgan fingerprint density at radius 2 is 2.12 bits per heavy atom. The Kier molecular flexibility index (Phi) is 3.64. The highest BCUT2D eigenvalue weighted by Gasteiger charge is 2.13. The summed E-state index contributed by atoms with van der Waals surface area (Å²) in [5.74, 6) is 1.00. The first kappa shape index (κ1) is 11.9. The van der Waals surface area contributed by atoms with Gasteiger partial charge in [0, 0.05) is 18.0 Å². The molecule has 0 bridgehead atoms. The zero-order chi connectivity index (χ0) is 12.3. The Morgan fingerprint density at radius 1 is 1.29 bits per heavy atom. The van der Waals surface area contributed by atoms with Gasteiger partial charge >= 0.3 is 0 Å². The standard InChI is InChI=1S/C15H19NO/c1-3-15-13(7-8-17-15)14(16)10-12-6-4-5-11(2)9-12/h4-9,14H,3,10,16H2,1-2H3. The lowest BCUT2D eigenvalue weighted by Crippen LogP contribution is -2.14. The van der Waals surface area contributed by atoms with Crippen molar-refractivity contribution in [2.45, 2.75) is 32.7 Å². The number of hydrogen-bond donors (Lipinski definition) is 1. The van der Waals surface area contributed by atoms with Crippen molar-refractivity contribution in [2.24, 2.45) is 5.73 Å². The molecule has 1 heterocycles. The summed E-state index contributed by atoms with van der Waals surface area (Å²) < 4.78 is 5.42. The first-order chi connectivity index (χ1) is 8.20. The molecule has 1 unspecified atom stereocenters. The third kappa shape index (κ3) is 2.77. The van der Waals surface area contributed by atoms with Crippen molar-refractivity contribution < 1.29 is 4.42 Å². The van der Waals surface area contributed by atoms with Crippen LogP contribution in [-0.2, 0) is 12.8 Å². The van der Waals surface area contributed by atoms with Gasteiger partial charge in [0.2, 0.25) is 0 Å². The van der Waals surface area contributed by atoms with E-state index in [2.05, 4.69) is 38.1 Å². The monoisotopic (exact) mass is 229 g/mol. The molecule has 0 saturated carbocycles. The predicted octanol–water partition coefficient (Wildman–Crippen LogP) is 3.39. The Bertz CT molecular complexity index is 487. The van der Waals surface area contributed by atoms with E-state index < -0.39 is 0 Å². The second kappa shape index (κ2) is 5.19. The van der Waals surface area contributed by atoms with E-state index in [1.807, 2.05) is 6.07 Å². The smallest absolute Gasteiger partial charge is 0.108 e. The summed E-state index contributed by atoms with van der Waals surface area (Å²) in [4.78, 5) is 0. The molecule has 1 atom stereocenters. The Morgan fingerprint density at radius 3 is 2.82 bits per heavy atom. The summed E-state index contributed by atoms with van der Waals surface area (Å²) in [5.41, 5.74) is 9.93. The molecule has 1 aromatic carbocycles. The highest BCUT2D eigenvalue weighted by molar-refractivity contribution is 5.27. The molecule has 2 nitrogen and oxygen atoms in total. The molecule has 2 rings (SSSR count). The maximum atomic E-state index is 6.24. The van der Waals surface area contributed by atoms with Gasteiger partial charge in [0.25, 0.3) is 0 Å². The van der Waals surface area contributed by atoms with Gasteiger partial charge in [-0.2, -0.15) is 0 Å². The lowest BCUT2D eigenvalue weighted by Gasteiger charge is -2.12. The van der Waals surface area contributed by atoms with Crippen molar-refractivity contribution in [1.29, 1.82) is 0 Å². The molecular formula is C15H19NO. The van der Waals surface area contributed by atoms with Crippen LogP contribution in [0, 0.1) is 6.92 Å². The van der Waals surface area contributed by atoms with E-state index in [9.17, 15) is 0 Å². The van der Waals surface area contributed by atoms with Gasteiger partial charge in [0.15, 0.2) is 0 Å². The number of benzene rings is 1. The fourth-order valence-electron chi connectivity index (χ4n) is 2.17. The van der Waals surface area contributed by atoms with E-state index in [0.717, 1.165) is 24.2 Å². The molecule has 90 valence electrons. The quantitative estimate of drug-likeness (QED) is 0.872. The third-order valence-corrected chi connectivity index (χ3v) is 3.04. The summed E-state index contributed by atoms with van der Waals surface area (Å²) in [5, 5.41) is 0. The van der Waals surface area contributed by atoms with E-state index in [0.29, 0.717) is 0 Å². The fraction of sp³-hybridized carbons (Fsp3) is 0.333. The van der Waals surface area contributed by atoms with E-state index in [4.69, 9.17) is 10.2 Å². The van der Waals surface area contributed by atoms with Gasteiger partial charge in [-0.25, -0.2) is 0 Å². The van der Waals surface area contributed by atoms with Gasteiger partial charge < -0.3 is 10.2 Å². The molecule has 17 heavy (non-hydrogen) atoms. The van der Waals surface area contributed by atoms with Crippen LogP contribution < -0.4 is 5.73 Å². The molecule has 2 N–H and O–H groups in total. The molecule has 0 radical (unpaired) electrons. The molecule has 0 aliphatic rings. The first-order valence-corrected chi connectivity index (χ1v) is 6.08. The number of nitrogens with two attached hydrogens (primary N) is 1. The predicted molar refractivity (Wildman–Crippen MR) is 69.9 cm³/mol. The van der Waals surface area contributed by atoms with Gasteiger partial charge in [0.1, 0.15) is 5.76 Å². The summed E-state index contributed by atoms with van der Waals surface area (Å²) in [7, 11) is 0. The summed E-state index contributed by atoms with van der Waals surface area (Å²) in [6, 6.07) is 10.5. The van der Waals surface area contributed by atoms with E-state index in [1.165, 1.54) is 11.1 Å². The molecule has 2 heteroatoms. The van der Waals surface area contributed by atoms with Gasteiger partial charge in [-0.15, -0.1) is 0 Å². The maximum absolute atomic E-state index is 6.24. The minimum absolute atomic E-state index is 0.0190. The first-order valence-electron chi connectivity index (χ1n) is 6.08. The Hall–Kier alpha value is -1.54. The molecule has 0 fully saturated rings. The van der Waals surface area contributed by atoms with E-state index in [1.54, 1.807) is 6.26 Å². The number of rotatable bonds is 4. The fourth-order valence-corrected chi connectivity index (χ4v) is 2.17. The van der Waals surface area contributed by atoms with Crippen molar-refractivity contribution in [3.63, 3.8) is 0 Å². The molecule has 0 aliphatic heterocycles. The SMILES string of the molecule is CCc1occc1C(N)Cc1cccc(C)c1. The molecular weight excluding hydrogens is 210 g/mol. The summed E-state index contributed by atoms with van der Waals surface area (Å²) >= 11 is 0. The summed E-state index contributed by atoms with van der Waals surface area (Å²) in [6.07, 6.45) is 3.47. The van der Waals surface area contributed by atoms with Crippen LogP contribution in [0.3, 0.4) is 0 Å². The van der Waals surface area contributed by atoms with Crippen LogP contribution in [0.2, 0.25) is 0 Å². The molecule has 2 aromatic rings. The second-order valence-corrected chi connectivity index (χ2v) is 4.45. The highest BCUT2D eigenvalue weighted by Crippen LogP contribution is 2.21. The topological polar surface area (TPSA) is 39.2 Å². The van der Waals surface area contributed by atoms with Crippen LogP contribution in [0.5, 0.6) is 0 Å². The minimum atomic E-state index is 0.0190. The summed E-state index contributed by atoms with van der Waals surface area (Å²) in [6.45, 7) is 4.19. The van der Waals surface area contributed by atoms with Crippen LogP contribution in [0.15, 0.2) is 41.0 Å². The van der Waals surface area contributed by atoms with Gasteiger partial charge in [-0.3, -0.25) is 0 Å². The lowest BCUT2D eigenvalue weighted by molar-refractivity contribution is 0.505. The van der Waals surface area contributed by atoms with Crippen molar-refractivity contribution in [2.75, 3.05) is 0 Å². The normalized spacial score (nSPS) is 12.6. The van der Waals surface area contributed by atoms with Crippen molar-refractivity contribution in [1.82, 2.24) is 0 Å². The average Bonchev–Trinajstić information content (AvgIpc) is 2.77. The lowest BCUT2D eigenvalue weighted by atomic mass is 9.98. The van der Waals surface area contributed by atoms with Crippen molar-refractivity contribution in [3.8, 4) is 0 Å². The van der Waals surface area contributed by atoms with E-state index in [-0.39, 0.29) is 6.04 Å². The number of furan rings is 1. The van der Waals surface area contributed by atoms with Gasteiger partial charge in [0.05, 0.1) is 6.26 Å². The van der Waals surface area contributed by atoms with Gasteiger partial charge in [-0.05, 0) is 25.0 Å². The molecule has 0 aliphatic carbocycles. The maximum Gasteiger partial charge on any atom is 0.108 e. The zero-order valence-electron chi connectivity index (χ0n) is 10.4. The molecule has 1 aromatic heterocycles. The molecule has 0 amide bonds. The van der Waals surface area contributed by atoms with E-state index >= 15 is 0 Å². The molecule has 0 saturated heterocycles. The zero-order valence-corrected chi connectivity index (χ0v) is 10.4. The van der Waals surface area contributed by atoms with Crippen LogP contribution in [0.25, 0.3) is 0 Å². The minimum Gasteiger partial charge on any atom is -0.469 e. The third-order valence-electron chi connectivity index (χ3n) is 3.04. The Balaban J connectivity index is 2.14. The van der Waals surface area contributed by atoms with Crippen LogP contribution >= 0.6 is 0 Å². The number of hydrogen-bond acceptors (Lipinski definition) is 2. The average molecular weight is 229 g/mol. The molecule has 0 spiro atoms. The van der Waals surface area contributed by atoms with Crippen molar-refractivity contribution in [3.05, 3.63) is 59.0 Å². The van der Waals surface area contributed by atoms with Crippen LogP contribution in [0.1, 0.15) is 35.4 Å². The number of aryl methyl sites for hydroxylation is 2. The van der Waals surface area contributed by atoms with Gasteiger partial charge in [-0.1, -0.05) is 36.8 Å². The second-order valence-electron chi connectivity index (χ2n) is 4.45. The van der Waals surface area contributed by atoms with Crippen LogP contribution in [0.4, 0.5) is 0 Å². The van der Waals surface area contributed by atoms with Crippen molar-refractivity contribution >= 4 is 0 Å². The van der Waals surface area contributed by atoms with Crippen LogP contribution in [-0.4, -0.2) is 0 Å².